The number of nitrogens with zero attached hydrogens (tertiary/aromatic N) is 1. The standard InChI is InChI=1S/C14H18N2OS/c1-18-14-7-3-6-13(11(14)9-16)17-12-5-2-4-10(12)8-15/h3,6-7,10,12H,2,4-5,8,15H2,1H3. The van der Waals surface area contributed by atoms with E-state index in [2.05, 4.69) is 6.07 Å². The number of benzene rings is 1. The molecule has 0 spiro atoms. The van der Waals surface area contributed by atoms with Gasteiger partial charge in [-0.05, 0) is 44.2 Å². The lowest BCUT2D eigenvalue weighted by atomic mass is 10.1. The van der Waals surface area contributed by atoms with Crippen LogP contribution in [0.4, 0.5) is 0 Å². The van der Waals surface area contributed by atoms with Crippen molar-refractivity contribution in [3.8, 4) is 11.8 Å². The molecule has 1 aliphatic carbocycles. The number of thioether (sulfide) groups is 1. The smallest absolute Gasteiger partial charge is 0.138 e. The molecule has 0 aromatic heterocycles. The fourth-order valence-electron chi connectivity index (χ4n) is 2.48. The Bertz CT molecular complexity index is 456. The normalized spacial score (nSPS) is 22.7. The predicted octanol–water partition coefficient (Wildman–Crippen LogP) is 2.79. The second-order valence-electron chi connectivity index (χ2n) is 4.53. The van der Waals surface area contributed by atoms with Crippen LogP contribution in [-0.4, -0.2) is 18.9 Å². The summed E-state index contributed by atoms with van der Waals surface area (Å²) in [7, 11) is 0. The van der Waals surface area contributed by atoms with Crippen molar-refractivity contribution in [2.45, 2.75) is 30.3 Å². The quantitative estimate of drug-likeness (QED) is 0.848. The average molecular weight is 262 g/mol. The van der Waals surface area contributed by atoms with Gasteiger partial charge in [0, 0.05) is 10.8 Å². The van der Waals surface area contributed by atoms with Gasteiger partial charge in [0.2, 0.25) is 0 Å². The molecule has 1 saturated carbocycles. The Hall–Kier alpha value is -1.18. The van der Waals surface area contributed by atoms with E-state index in [1.54, 1.807) is 11.8 Å². The van der Waals surface area contributed by atoms with Crippen molar-refractivity contribution in [2.75, 3.05) is 12.8 Å². The first-order valence-corrected chi connectivity index (χ1v) is 7.46. The van der Waals surface area contributed by atoms with Crippen LogP contribution >= 0.6 is 11.8 Å². The number of ether oxygens (including phenoxy) is 1. The minimum Gasteiger partial charge on any atom is -0.489 e. The fraction of sp³-hybridized carbons (Fsp3) is 0.500. The molecule has 0 saturated heterocycles. The molecule has 1 fully saturated rings. The van der Waals surface area contributed by atoms with E-state index in [1.807, 2.05) is 24.5 Å². The Morgan fingerprint density at radius 1 is 1.50 bits per heavy atom. The van der Waals surface area contributed by atoms with E-state index in [4.69, 9.17) is 10.5 Å². The molecule has 0 radical (unpaired) electrons. The van der Waals surface area contributed by atoms with Gasteiger partial charge in [0.1, 0.15) is 23.5 Å². The van der Waals surface area contributed by atoms with Crippen molar-refractivity contribution >= 4 is 11.8 Å². The summed E-state index contributed by atoms with van der Waals surface area (Å²) < 4.78 is 6.03. The number of nitrogens with two attached hydrogens (primary N) is 1. The molecule has 2 N–H and O–H groups in total. The third-order valence-electron chi connectivity index (χ3n) is 3.49. The number of nitriles is 1. The van der Waals surface area contributed by atoms with Gasteiger partial charge in [-0.1, -0.05) is 6.07 Å². The second-order valence-corrected chi connectivity index (χ2v) is 5.38. The Kier molecular flexibility index (Phi) is 4.51. The lowest BCUT2D eigenvalue weighted by Crippen LogP contribution is -2.27. The average Bonchev–Trinajstić information content (AvgIpc) is 2.85. The van der Waals surface area contributed by atoms with Crippen LogP contribution in [0.25, 0.3) is 0 Å². The van der Waals surface area contributed by atoms with Gasteiger partial charge >= 0.3 is 0 Å². The van der Waals surface area contributed by atoms with Crippen LogP contribution < -0.4 is 10.5 Å². The predicted molar refractivity (Wildman–Crippen MR) is 73.7 cm³/mol. The van der Waals surface area contributed by atoms with Gasteiger partial charge in [-0.15, -0.1) is 11.8 Å². The summed E-state index contributed by atoms with van der Waals surface area (Å²) in [6.45, 7) is 0.661. The fourth-order valence-corrected chi connectivity index (χ4v) is 3.05. The zero-order valence-electron chi connectivity index (χ0n) is 10.6. The van der Waals surface area contributed by atoms with Crippen molar-refractivity contribution in [1.29, 1.82) is 5.26 Å². The summed E-state index contributed by atoms with van der Waals surface area (Å²) in [5, 5.41) is 9.26. The number of hydrogen-bond donors (Lipinski definition) is 1. The zero-order valence-corrected chi connectivity index (χ0v) is 11.4. The van der Waals surface area contributed by atoms with E-state index < -0.39 is 0 Å². The maximum Gasteiger partial charge on any atom is 0.138 e. The van der Waals surface area contributed by atoms with Gasteiger partial charge in [-0.3, -0.25) is 0 Å². The maximum absolute atomic E-state index is 9.26. The first-order valence-electron chi connectivity index (χ1n) is 6.24. The van der Waals surface area contributed by atoms with Gasteiger partial charge in [-0.25, -0.2) is 0 Å². The molecule has 2 rings (SSSR count). The molecule has 1 aromatic carbocycles. The molecule has 1 aromatic rings. The lowest BCUT2D eigenvalue weighted by molar-refractivity contribution is 0.161. The van der Waals surface area contributed by atoms with Crippen molar-refractivity contribution in [1.82, 2.24) is 0 Å². The van der Waals surface area contributed by atoms with Crippen LogP contribution in [0.3, 0.4) is 0 Å². The molecular weight excluding hydrogens is 244 g/mol. The van der Waals surface area contributed by atoms with Gasteiger partial charge in [-0.2, -0.15) is 5.26 Å². The van der Waals surface area contributed by atoms with E-state index in [1.165, 1.54) is 0 Å². The summed E-state index contributed by atoms with van der Waals surface area (Å²) in [6, 6.07) is 8.01. The molecule has 2 unspecified atom stereocenters. The highest BCUT2D eigenvalue weighted by Crippen LogP contribution is 2.33. The molecule has 0 aliphatic heterocycles. The van der Waals surface area contributed by atoms with E-state index in [0.717, 1.165) is 24.2 Å². The molecular formula is C14H18N2OS. The zero-order chi connectivity index (χ0) is 13.0. The molecule has 4 heteroatoms. The van der Waals surface area contributed by atoms with Crippen LogP contribution in [0.5, 0.6) is 5.75 Å². The van der Waals surface area contributed by atoms with Gasteiger partial charge in [0.25, 0.3) is 0 Å². The minimum atomic E-state index is 0.166. The monoisotopic (exact) mass is 262 g/mol. The molecule has 2 atom stereocenters. The van der Waals surface area contributed by atoms with E-state index in [0.29, 0.717) is 23.8 Å². The van der Waals surface area contributed by atoms with Crippen molar-refractivity contribution in [2.24, 2.45) is 11.7 Å². The van der Waals surface area contributed by atoms with Crippen LogP contribution in [0, 0.1) is 17.2 Å². The molecule has 0 amide bonds. The minimum absolute atomic E-state index is 0.166. The summed E-state index contributed by atoms with van der Waals surface area (Å²) in [5.41, 5.74) is 6.40. The molecule has 1 aliphatic rings. The Labute approximate surface area is 112 Å². The molecule has 18 heavy (non-hydrogen) atoms. The molecule has 3 nitrogen and oxygen atoms in total. The topological polar surface area (TPSA) is 59.0 Å². The van der Waals surface area contributed by atoms with E-state index >= 15 is 0 Å². The highest BCUT2D eigenvalue weighted by molar-refractivity contribution is 7.98. The number of hydrogen-bond acceptors (Lipinski definition) is 4. The third-order valence-corrected chi connectivity index (χ3v) is 4.27. The largest absolute Gasteiger partial charge is 0.489 e. The van der Waals surface area contributed by atoms with E-state index in [-0.39, 0.29) is 6.10 Å². The maximum atomic E-state index is 9.26. The van der Waals surface area contributed by atoms with Crippen LogP contribution in [0.15, 0.2) is 23.1 Å². The van der Waals surface area contributed by atoms with Gasteiger partial charge in [0.15, 0.2) is 0 Å². The summed E-state index contributed by atoms with van der Waals surface area (Å²) in [6.07, 6.45) is 5.47. The Morgan fingerprint density at radius 2 is 2.33 bits per heavy atom. The second kappa shape index (κ2) is 6.12. The van der Waals surface area contributed by atoms with Crippen LogP contribution in [0.1, 0.15) is 24.8 Å². The van der Waals surface area contributed by atoms with Gasteiger partial charge in [0.05, 0.1) is 0 Å². The van der Waals surface area contributed by atoms with Crippen LogP contribution in [-0.2, 0) is 0 Å². The van der Waals surface area contributed by atoms with Crippen LogP contribution in [0.2, 0.25) is 0 Å². The summed E-state index contributed by atoms with van der Waals surface area (Å²) >= 11 is 1.57. The highest BCUT2D eigenvalue weighted by atomic mass is 32.2. The van der Waals surface area contributed by atoms with E-state index in [9.17, 15) is 5.26 Å². The number of rotatable bonds is 4. The van der Waals surface area contributed by atoms with Crippen molar-refractivity contribution < 1.29 is 4.74 Å². The Balaban J connectivity index is 2.21. The first-order chi connectivity index (χ1) is 8.80. The molecule has 0 bridgehead atoms. The third kappa shape index (κ3) is 2.63. The Morgan fingerprint density at radius 3 is 3.00 bits per heavy atom. The summed E-state index contributed by atoms with van der Waals surface area (Å²) in [5.74, 6) is 1.13. The SMILES string of the molecule is CSc1cccc(OC2CCCC2CN)c1C#N. The van der Waals surface area contributed by atoms with Gasteiger partial charge < -0.3 is 10.5 Å². The molecule has 0 heterocycles. The highest BCUT2D eigenvalue weighted by Gasteiger charge is 2.28. The van der Waals surface area contributed by atoms with Crippen molar-refractivity contribution in [3.63, 3.8) is 0 Å². The lowest BCUT2D eigenvalue weighted by Gasteiger charge is -2.21. The van der Waals surface area contributed by atoms with Crippen molar-refractivity contribution in [3.05, 3.63) is 23.8 Å². The molecule has 96 valence electrons. The first kappa shape index (κ1) is 13.3. The summed E-state index contributed by atoms with van der Waals surface area (Å²) in [4.78, 5) is 0.970.